The zero-order valence-corrected chi connectivity index (χ0v) is 26.4. The highest BCUT2D eigenvalue weighted by atomic mass is 16.6. The summed E-state index contributed by atoms with van der Waals surface area (Å²) in [5.41, 5.74) is 6.84. The number of carbonyl (C=O) groups is 5. The van der Waals surface area contributed by atoms with Gasteiger partial charge in [0.1, 0.15) is 23.7 Å². The Morgan fingerprint density at radius 2 is 1.74 bits per heavy atom. The van der Waals surface area contributed by atoms with Gasteiger partial charge in [0.15, 0.2) is 0 Å². The molecule has 46 heavy (non-hydrogen) atoms. The predicted octanol–water partition coefficient (Wildman–Crippen LogP) is 2.64. The number of allylic oxidation sites excluding steroid dienone is 1. The van der Waals surface area contributed by atoms with Crippen molar-refractivity contribution in [1.82, 2.24) is 25.8 Å². The Bertz CT molecular complexity index is 1380. The van der Waals surface area contributed by atoms with Crippen LogP contribution in [0.25, 0.3) is 0 Å². The van der Waals surface area contributed by atoms with Crippen molar-refractivity contribution < 1.29 is 28.7 Å². The smallest absolute Gasteiger partial charge is 0.410 e. The number of hydrogen-bond acceptors (Lipinski definition) is 6. The van der Waals surface area contributed by atoms with Gasteiger partial charge in [0.05, 0.1) is 6.54 Å². The Kier molecular flexibility index (Phi) is 9.51. The molecule has 1 aromatic rings. The molecule has 2 aliphatic carbocycles. The Balaban J connectivity index is 1.20. The van der Waals surface area contributed by atoms with Crippen molar-refractivity contribution in [2.75, 3.05) is 13.1 Å². The topological polar surface area (TPSA) is 163 Å². The number of rotatable bonds is 4. The van der Waals surface area contributed by atoms with Crippen molar-refractivity contribution in [3.8, 4) is 0 Å². The minimum Gasteiger partial charge on any atom is -0.444 e. The summed E-state index contributed by atoms with van der Waals surface area (Å²) in [6.07, 6.45) is 11.5. The molecule has 6 amide bonds. The van der Waals surface area contributed by atoms with Gasteiger partial charge in [-0.1, -0.05) is 62.1 Å². The van der Waals surface area contributed by atoms with Gasteiger partial charge < -0.3 is 36.2 Å². The second kappa shape index (κ2) is 13.7. The zero-order chi connectivity index (χ0) is 32.3. The van der Waals surface area contributed by atoms with E-state index in [1.165, 1.54) is 10.5 Å². The summed E-state index contributed by atoms with van der Waals surface area (Å²) in [6, 6.07) is 5.81. The molecular weight excluding hydrogens is 588 g/mol. The Labute approximate surface area is 269 Å². The highest BCUT2D eigenvalue weighted by Gasteiger charge is 2.60. The molecule has 0 bridgehead atoms. The standard InChI is InChI=1S/C34H46N6O6/c35-31(43)34-19-24(34)12-4-2-1-3-5-15-27(37-32(44)36-25-13-8-9-14-25)30(42)40-21-26(18-28(40)29(41)38-34)46-33(45)39-17-16-22-10-6-7-11-23(22)20-39/h4,6-7,10-12,24-28H,1-3,5,8-9,13-21H2,(H2,35,43)(H,38,41)(H2,36,37,44)/b12-4-/t24-,26-,27+,28+,34-/m1/s1. The predicted molar refractivity (Wildman–Crippen MR) is 169 cm³/mol. The number of ether oxygens (including phenoxy) is 1. The highest BCUT2D eigenvalue weighted by Crippen LogP contribution is 2.45. The first-order valence-corrected chi connectivity index (χ1v) is 16.9. The summed E-state index contributed by atoms with van der Waals surface area (Å²) in [6.45, 7) is 0.933. The number of urea groups is 1. The van der Waals surface area contributed by atoms with Crippen molar-refractivity contribution in [3.05, 3.63) is 47.5 Å². The van der Waals surface area contributed by atoms with Crippen LogP contribution >= 0.6 is 0 Å². The van der Waals surface area contributed by atoms with Gasteiger partial charge in [0.25, 0.3) is 0 Å². The Morgan fingerprint density at radius 1 is 0.978 bits per heavy atom. The number of hydrogen-bond donors (Lipinski definition) is 4. The molecule has 12 heteroatoms. The van der Waals surface area contributed by atoms with Gasteiger partial charge >= 0.3 is 12.1 Å². The fourth-order valence-electron chi connectivity index (χ4n) is 7.52. The summed E-state index contributed by atoms with van der Waals surface area (Å²) in [5.74, 6) is -1.75. The van der Waals surface area contributed by atoms with Crippen LogP contribution in [0.5, 0.6) is 0 Å². The number of nitrogens with zero attached hydrogens (tertiary/aromatic N) is 2. The lowest BCUT2D eigenvalue weighted by atomic mass is 10.0. The molecule has 6 rings (SSSR count). The third-order valence-corrected chi connectivity index (χ3v) is 10.3. The number of primary amides is 1. The van der Waals surface area contributed by atoms with Crippen LogP contribution in [0.3, 0.4) is 0 Å². The minimum atomic E-state index is -1.21. The van der Waals surface area contributed by atoms with E-state index >= 15 is 0 Å². The van der Waals surface area contributed by atoms with Gasteiger partial charge in [-0.2, -0.15) is 0 Å². The van der Waals surface area contributed by atoms with Gasteiger partial charge in [-0.15, -0.1) is 0 Å². The van der Waals surface area contributed by atoms with Gasteiger partial charge in [0, 0.05) is 31.5 Å². The average molecular weight is 635 g/mol. The van der Waals surface area contributed by atoms with E-state index in [0.29, 0.717) is 38.8 Å². The maximum Gasteiger partial charge on any atom is 0.410 e. The number of fused-ring (bicyclic) bond motifs is 3. The lowest BCUT2D eigenvalue weighted by Gasteiger charge is -2.30. The zero-order valence-electron chi connectivity index (χ0n) is 26.4. The fourth-order valence-corrected chi connectivity index (χ4v) is 7.52. The number of nitrogens with two attached hydrogens (primary N) is 1. The second-order valence-electron chi connectivity index (χ2n) is 13.5. The van der Waals surface area contributed by atoms with Crippen LogP contribution in [0, 0.1) is 5.92 Å². The molecule has 0 unspecified atom stereocenters. The Morgan fingerprint density at radius 3 is 2.52 bits per heavy atom. The van der Waals surface area contributed by atoms with Gasteiger partial charge in [-0.25, -0.2) is 9.59 Å². The molecule has 3 heterocycles. The molecule has 3 aliphatic heterocycles. The van der Waals surface area contributed by atoms with Gasteiger partial charge in [0.2, 0.25) is 17.7 Å². The second-order valence-corrected chi connectivity index (χ2v) is 13.5. The van der Waals surface area contributed by atoms with E-state index in [1.54, 1.807) is 4.90 Å². The molecule has 0 aromatic heterocycles. The molecular formula is C34H46N6O6. The third kappa shape index (κ3) is 7.00. The van der Waals surface area contributed by atoms with Crippen molar-refractivity contribution in [1.29, 1.82) is 0 Å². The monoisotopic (exact) mass is 634 g/mol. The summed E-state index contributed by atoms with van der Waals surface area (Å²) >= 11 is 0. The van der Waals surface area contributed by atoms with Crippen LogP contribution in [-0.2, 0) is 32.1 Å². The molecule has 0 radical (unpaired) electrons. The lowest BCUT2D eigenvalue weighted by Crippen LogP contribution is -2.58. The summed E-state index contributed by atoms with van der Waals surface area (Å²) < 4.78 is 5.93. The lowest BCUT2D eigenvalue weighted by molar-refractivity contribution is -0.141. The van der Waals surface area contributed by atoms with Crippen molar-refractivity contribution in [3.63, 3.8) is 0 Å². The van der Waals surface area contributed by atoms with Crippen LogP contribution in [-0.4, -0.2) is 82.5 Å². The first kappa shape index (κ1) is 31.9. The van der Waals surface area contributed by atoms with E-state index in [1.807, 2.05) is 30.4 Å². The normalized spacial score (nSPS) is 30.9. The molecule has 12 nitrogen and oxygen atoms in total. The van der Waals surface area contributed by atoms with Crippen molar-refractivity contribution in [2.45, 2.75) is 113 Å². The van der Waals surface area contributed by atoms with E-state index in [9.17, 15) is 24.0 Å². The van der Waals surface area contributed by atoms with Crippen LogP contribution < -0.4 is 21.7 Å². The molecule has 1 saturated heterocycles. The summed E-state index contributed by atoms with van der Waals surface area (Å²) in [7, 11) is 0. The van der Waals surface area contributed by atoms with Crippen LogP contribution in [0.4, 0.5) is 9.59 Å². The molecule has 5 N–H and O–H groups in total. The molecule has 5 aliphatic rings. The van der Waals surface area contributed by atoms with E-state index in [2.05, 4.69) is 22.0 Å². The van der Waals surface area contributed by atoms with E-state index < -0.39 is 53.6 Å². The maximum atomic E-state index is 14.2. The van der Waals surface area contributed by atoms with E-state index in [4.69, 9.17) is 10.5 Å². The fraction of sp³-hybridized carbons (Fsp3) is 0.618. The maximum absolute atomic E-state index is 14.2. The summed E-state index contributed by atoms with van der Waals surface area (Å²) in [5, 5.41) is 8.77. The average Bonchev–Trinajstić information content (AvgIpc) is 3.32. The van der Waals surface area contributed by atoms with Gasteiger partial charge in [-0.05, 0) is 56.1 Å². The highest BCUT2D eigenvalue weighted by molar-refractivity contribution is 5.98. The molecule has 0 spiro atoms. The van der Waals surface area contributed by atoms with Crippen molar-refractivity contribution in [2.24, 2.45) is 11.7 Å². The van der Waals surface area contributed by atoms with Crippen molar-refractivity contribution >= 4 is 29.8 Å². The molecule has 2 saturated carbocycles. The van der Waals surface area contributed by atoms with E-state index in [0.717, 1.165) is 50.5 Å². The first-order chi connectivity index (χ1) is 22.2. The van der Waals surface area contributed by atoms with E-state index in [-0.39, 0.29) is 24.9 Å². The summed E-state index contributed by atoms with van der Waals surface area (Å²) in [4.78, 5) is 70.0. The number of carbonyl (C=O) groups excluding carboxylic acids is 5. The molecule has 3 fully saturated rings. The van der Waals surface area contributed by atoms with Gasteiger partial charge in [-0.3, -0.25) is 14.4 Å². The number of benzene rings is 1. The molecule has 1 aromatic carbocycles. The quantitative estimate of drug-likeness (QED) is 0.372. The SMILES string of the molecule is NC(=O)[C@@]12C[C@H]1/C=C\CCCCC[C@H](NC(=O)NC1CCCC1)C(=O)N1C[C@H](OC(=O)N3CCc4ccccc4C3)C[C@H]1C(=O)N2. The van der Waals surface area contributed by atoms with Crippen LogP contribution in [0.2, 0.25) is 0 Å². The van der Waals surface area contributed by atoms with Crippen LogP contribution in [0.15, 0.2) is 36.4 Å². The largest absolute Gasteiger partial charge is 0.444 e. The number of amides is 6. The molecule has 248 valence electrons. The Hall–Kier alpha value is -4.09. The van der Waals surface area contributed by atoms with Crippen LogP contribution in [0.1, 0.15) is 81.8 Å². The minimum absolute atomic E-state index is 0.00239. The first-order valence-electron chi connectivity index (χ1n) is 16.9. The molecule has 5 atom stereocenters. The number of nitrogens with one attached hydrogen (secondary N) is 3. The third-order valence-electron chi connectivity index (χ3n) is 10.3.